The molecule has 0 aliphatic carbocycles. The van der Waals surface area contributed by atoms with Gasteiger partial charge in [-0.1, -0.05) is 30.3 Å². The predicted molar refractivity (Wildman–Crippen MR) is 42.1 cm³/mol. The first-order valence-electron chi connectivity index (χ1n) is 3.80. The summed E-state index contributed by atoms with van der Waals surface area (Å²) in [5, 5.41) is 3.04. The lowest BCUT2D eigenvalue weighted by atomic mass is 9.96. The monoisotopic (exact) mass is 151 g/mol. The first-order chi connectivity index (χ1) is 5.38. The number of nitrogens with one attached hydrogen (secondary N) is 1. The van der Waals surface area contributed by atoms with E-state index < -0.39 is 6.17 Å². The van der Waals surface area contributed by atoms with Crippen molar-refractivity contribution in [3.8, 4) is 0 Å². The highest BCUT2D eigenvalue weighted by atomic mass is 19.1. The van der Waals surface area contributed by atoms with Crippen molar-refractivity contribution in [2.75, 3.05) is 6.54 Å². The van der Waals surface area contributed by atoms with E-state index >= 15 is 0 Å². The van der Waals surface area contributed by atoms with Gasteiger partial charge in [-0.2, -0.15) is 0 Å². The molecule has 1 fully saturated rings. The number of hydrogen-bond acceptors (Lipinski definition) is 1. The van der Waals surface area contributed by atoms with E-state index in [0.717, 1.165) is 5.56 Å². The van der Waals surface area contributed by atoms with E-state index in [9.17, 15) is 4.39 Å². The largest absolute Gasteiger partial charge is 0.304 e. The molecule has 1 aliphatic rings. The minimum atomic E-state index is -0.697. The van der Waals surface area contributed by atoms with Crippen LogP contribution in [0.1, 0.15) is 11.6 Å². The number of benzene rings is 1. The third-order valence-corrected chi connectivity index (χ3v) is 2.05. The summed E-state index contributed by atoms with van der Waals surface area (Å²) in [6, 6.07) is 9.64. The fourth-order valence-corrected chi connectivity index (χ4v) is 1.31. The summed E-state index contributed by atoms with van der Waals surface area (Å²) in [5.41, 5.74) is 1.05. The van der Waals surface area contributed by atoms with Crippen LogP contribution in [0.15, 0.2) is 30.3 Å². The predicted octanol–water partition coefficient (Wildman–Crippen LogP) is 1.67. The van der Waals surface area contributed by atoms with E-state index in [1.54, 1.807) is 0 Å². The highest BCUT2D eigenvalue weighted by Crippen LogP contribution is 2.25. The fourth-order valence-electron chi connectivity index (χ4n) is 1.31. The first-order valence-corrected chi connectivity index (χ1v) is 3.80. The number of hydrogen-bond donors (Lipinski definition) is 1. The molecule has 1 heterocycles. The van der Waals surface area contributed by atoms with Gasteiger partial charge >= 0.3 is 0 Å². The van der Waals surface area contributed by atoms with Crippen molar-refractivity contribution in [3.63, 3.8) is 0 Å². The van der Waals surface area contributed by atoms with Crippen LogP contribution in [-0.4, -0.2) is 12.7 Å². The molecule has 1 aromatic carbocycles. The van der Waals surface area contributed by atoms with Crippen molar-refractivity contribution in [1.29, 1.82) is 0 Å². The molecule has 1 N–H and O–H groups in total. The van der Waals surface area contributed by atoms with Crippen molar-refractivity contribution in [3.05, 3.63) is 35.9 Å². The molecule has 1 aromatic rings. The Hall–Kier alpha value is -0.890. The summed E-state index contributed by atoms with van der Waals surface area (Å²) < 4.78 is 12.8. The maximum atomic E-state index is 12.8. The molecule has 1 saturated heterocycles. The Labute approximate surface area is 65.2 Å². The van der Waals surface area contributed by atoms with Crippen molar-refractivity contribution in [2.45, 2.75) is 12.2 Å². The van der Waals surface area contributed by atoms with Crippen LogP contribution in [-0.2, 0) is 0 Å². The van der Waals surface area contributed by atoms with Crippen LogP contribution in [0.4, 0.5) is 4.39 Å². The summed E-state index contributed by atoms with van der Waals surface area (Å²) >= 11 is 0. The maximum absolute atomic E-state index is 12.8. The van der Waals surface area contributed by atoms with Crippen LogP contribution >= 0.6 is 0 Å². The molecule has 0 aromatic heterocycles. The average molecular weight is 151 g/mol. The van der Waals surface area contributed by atoms with Crippen LogP contribution < -0.4 is 5.32 Å². The Morgan fingerprint density at radius 3 is 2.45 bits per heavy atom. The molecule has 0 radical (unpaired) electrons. The fraction of sp³-hybridized carbons (Fsp3) is 0.333. The lowest BCUT2D eigenvalue weighted by Crippen LogP contribution is -2.47. The molecule has 2 atom stereocenters. The van der Waals surface area contributed by atoms with Crippen LogP contribution in [0.2, 0.25) is 0 Å². The Morgan fingerprint density at radius 1 is 1.27 bits per heavy atom. The zero-order valence-electron chi connectivity index (χ0n) is 6.13. The van der Waals surface area contributed by atoms with E-state index in [4.69, 9.17) is 0 Å². The van der Waals surface area contributed by atoms with Crippen LogP contribution in [0.5, 0.6) is 0 Å². The van der Waals surface area contributed by atoms with E-state index in [1.165, 1.54) is 0 Å². The van der Waals surface area contributed by atoms with Crippen molar-refractivity contribution in [2.24, 2.45) is 0 Å². The third-order valence-electron chi connectivity index (χ3n) is 2.05. The van der Waals surface area contributed by atoms with Gasteiger partial charge in [0, 0.05) is 6.54 Å². The standard InChI is InChI=1S/C9H10FN/c10-8-6-11-9(8)7-4-2-1-3-5-7/h1-5,8-9,11H,6H2/t8-,9+/m1/s1. The summed E-state index contributed by atoms with van der Waals surface area (Å²) in [6.07, 6.45) is -0.697. The second kappa shape index (κ2) is 2.62. The topological polar surface area (TPSA) is 12.0 Å². The van der Waals surface area contributed by atoms with E-state index in [-0.39, 0.29) is 6.04 Å². The first kappa shape index (κ1) is 6.80. The smallest absolute Gasteiger partial charge is 0.132 e. The quantitative estimate of drug-likeness (QED) is 0.643. The van der Waals surface area contributed by atoms with Gasteiger partial charge in [-0.25, -0.2) is 4.39 Å². The Bertz CT molecular complexity index is 235. The van der Waals surface area contributed by atoms with Crippen molar-refractivity contribution < 1.29 is 4.39 Å². The summed E-state index contributed by atoms with van der Waals surface area (Å²) in [5.74, 6) is 0. The van der Waals surface area contributed by atoms with Crippen LogP contribution in [0, 0.1) is 0 Å². The zero-order chi connectivity index (χ0) is 7.68. The zero-order valence-corrected chi connectivity index (χ0v) is 6.13. The molecule has 0 saturated carbocycles. The number of halogens is 1. The molecule has 1 aliphatic heterocycles. The molecule has 2 heteroatoms. The van der Waals surface area contributed by atoms with Gasteiger partial charge in [0.25, 0.3) is 0 Å². The SMILES string of the molecule is F[C@@H]1CN[C@H]1c1ccccc1. The second-order valence-corrected chi connectivity index (χ2v) is 2.81. The van der Waals surface area contributed by atoms with Gasteiger partial charge in [0.1, 0.15) is 6.17 Å². The molecule has 2 rings (SSSR count). The van der Waals surface area contributed by atoms with Gasteiger partial charge in [-0.15, -0.1) is 0 Å². The number of alkyl halides is 1. The third kappa shape index (κ3) is 1.14. The van der Waals surface area contributed by atoms with E-state index in [1.807, 2.05) is 30.3 Å². The van der Waals surface area contributed by atoms with Gasteiger partial charge in [0.05, 0.1) is 6.04 Å². The van der Waals surface area contributed by atoms with Crippen molar-refractivity contribution in [1.82, 2.24) is 5.32 Å². The Kier molecular flexibility index (Phi) is 1.62. The Balaban J connectivity index is 2.17. The lowest BCUT2D eigenvalue weighted by Gasteiger charge is -2.32. The minimum Gasteiger partial charge on any atom is -0.304 e. The van der Waals surface area contributed by atoms with Crippen molar-refractivity contribution >= 4 is 0 Å². The number of rotatable bonds is 1. The molecule has 1 nitrogen and oxygen atoms in total. The molecule has 0 spiro atoms. The summed E-state index contributed by atoms with van der Waals surface area (Å²) in [7, 11) is 0. The lowest BCUT2D eigenvalue weighted by molar-refractivity contribution is 0.159. The molecule has 0 bridgehead atoms. The normalized spacial score (nSPS) is 29.5. The van der Waals surface area contributed by atoms with E-state index in [0.29, 0.717) is 6.54 Å². The molecule has 0 unspecified atom stereocenters. The highest BCUT2D eigenvalue weighted by Gasteiger charge is 2.30. The van der Waals surface area contributed by atoms with Gasteiger partial charge < -0.3 is 5.32 Å². The molecular formula is C9H10FN. The second-order valence-electron chi connectivity index (χ2n) is 2.81. The molecule has 58 valence electrons. The van der Waals surface area contributed by atoms with Gasteiger partial charge in [-0.05, 0) is 5.56 Å². The molecule has 0 amide bonds. The van der Waals surface area contributed by atoms with Crippen LogP contribution in [0.3, 0.4) is 0 Å². The summed E-state index contributed by atoms with van der Waals surface area (Å²) in [6.45, 7) is 0.500. The highest BCUT2D eigenvalue weighted by molar-refractivity contribution is 5.22. The van der Waals surface area contributed by atoms with Crippen LogP contribution in [0.25, 0.3) is 0 Å². The average Bonchev–Trinajstić information content (AvgIpc) is 2.04. The molecular weight excluding hydrogens is 141 g/mol. The summed E-state index contributed by atoms with van der Waals surface area (Å²) in [4.78, 5) is 0. The van der Waals surface area contributed by atoms with Gasteiger partial charge in [0.2, 0.25) is 0 Å². The van der Waals surface area contributed by atoms with E-state index in [2.05, 4.69) is 5.32 Å². The van der Waals surface area contributed by atoms with Gasteiger partial charge in [0.15, 0.2) is 0 Å². The minimum absolute atomic E-state index is 0.0591. The maximum Gasteiger partial charge on any atom is 0.132 e. The molecule has 11 heavy (non-hydrogen) atoms. The van der Waals surface area contributed by atoms with Gasteiger partial charge in [-0.3, -0.25) is 0 Å². The Morgan fingerprint density at radius 2 is 2.00 bits per heavy atom.